The van der Waals surface area contributed by atoms with E-state index >= 15 is 0 Å². The number of pyridine rings is 1. The van der Waals surface area contributed by atoms with E-state index < -0.39 is 0 Å². The summed E-state index contributed by atoms with van der Waals surface area (Å²) in [6.45, 7) is 0.742. The highest BCUT2D eigenvalue weighted by molar-refractivity contribution is 7.16. The van der Waals surface area contributed by atoms with Crippen LogP contribution in [0.3, 0.4) is 0 Å². The van der Waals surface area contributed by atoms with Crippen molar-refractivity contribution in [3.05, 3.63) is 47.9 Å². The molecule has 0 saturated carbocycles. The van der Waals surface area contributed by atoms with Crippen LogP contribution in [0, 0.1) is 0 Å². The molecule has 0 aliphatic carbocycles. The molecule has 0 saturated heterocycles. The molecule has 1 atom stereocenters. The number of nitrogens with zero attached hydrogens (tertiary/aromatic N) is 4. The van der Waals surface area contributed by atoms with E-state index in [0.717, 1.165) is 28.3 Å². The maximum atomic E-state index is 4.45. The summed E-state index contributed by atoms with van der Waals surface area (Å²) in [5.74, 6) is 0.879. The third-order valence-corrected chi connectivity index (χ3v) is 4.20. The summed E-state index contributed by atoms with van der Waals surface area (Å²) in [5.41, 5.74) is 1.05. The maximum absolute atomic E-state index is 4.45. The van der Waals surface area contributed by atoms with Gasteiger partial charge in [-0.3, -0.25) is 9.88 Å². The summed E-state index contributed by atoms with van der Waals surface area (Å²) in [6.07, 6.45) is 3.43. The zero-order chi connectivity index (χ0) is 14.7. The van der Waals surface area contributed by atoms with E-state index in [-0.39, 0.29) is 6.04 Å². The van der Waals surface area contributed by atoms with Crippen LogP contribution in [0.25, 0.3) is 10.2 Å². The molecule has 6 heteroatoms. The van der Waals surface area contributed by atoms with E-state index in [1.165, 1.54) is 0 Å². The SMILES string of the molecule is CN(C)C(CNc1ncnc2sccc12)c1ccccn1. The van der Waals surface area contributed by atoms with Gasteiger partial charge in [0.25, 0.3) is 0 Å². The molecule has 3 aromatic heterocycles. The molecule has 3 rings (SSSR count). The maximum Gasteiger partial charge on any atom is 0.138 e. The molecule has 0 spiro atoms. The Bertz CT molecular complexity index is 710. The van der Waals surface area contributed by atoms with Crippen LogP contribution in [-0.2, 0) is 0 Å². The van der Waals surface area contributed by atoms with Crippen molar-refractivity contribution in [3.8, 4) is 0 Å². The highest BCUT2D eigenvalue weighted by Crippen LogP contribution is 2.24. The summed E-state index contributed by atoms with van der Waals surface area (Å²) >= 11 is 1.62. The number of anilines is 1. The summed E-state index contributed by atoms with van der Waals surface area (Å²) in [4.78, 5) is 16.2. The normalized spacial score (nSPS) is 12.7. The number of nitrogens with one attached hydrogen (secondary N) is 1. The monoisotopic (exact) mass is 299 g/mol. The minimum absolute atomic E-state index is 0.190. The van der Waals surface area contributed by atoms with Crippen molar-refractivity contribution >= 4 is 27.4 Å². The van der Waals surface area contributed by atoms with E-state index in [9.17, 15) is 0 Å². The number of aromatic nitrogens is 3. The van der Waals surface area contributed by atoms with Crippen LogP contribution < -0.4 is 5.32 Å². The third kappa shape index (κ3) is 3.01. The fourth-order valence-electron chi connectivity index (χ4n) is 2.25. The zero-order valence-electron chi connectivity index (χ0n) is 12.0. The number of hydrogen-bond acceptors (Lipinski definition) is 6. The van der Waals surface area contributed by atoms with Crippen LogP contribution in [0.5, 0.6) is 0 Å². The molecule has 5 nitrogen and oxygen atoms in total. The van der Waals surface area contributed by atoms with E-state index in [1.54, 1.807) is 17.7 Å². The number of rotatable bonds is 5. The second-order valence-electron chi connectivity index (χ2n) is 4.98. The second-order valence-corrected chi connectivity index (χ2v) is 5.87. The molecule has 0 aliphatic rings. The molecule has 0 bridgehead atoms. The number of likely N-dealkylation sites (N-methyl/N-ethyl adjacent to an activating group) is 1. The van der Waals surface area contributed by atoms with E-state index in [1.807, 2.05) is 35.8 Å². The van der Waals surface area contributed by atoms with Crippen molar-refractivity contribution in [1.82, 2.24) is 19.9 Å². The van der Waals surface area contributed by atoms with E-state index in [0.29, 0.717) is 0 Å². The molecule has 0 amide bonds. The van der Waals surface area contributed by atoms with Crippen LogP contribution in [0.2, 0.25) is 0 Å². The van der Waals surface area contributed by atoms with Crippen LogP contribution in [0.15, 0.2) is 42.2 Å². The summed E-state index contributed by atoms with van der Waals surface area (Å²) < 4.78 is 0. The molecule has 0 aliphatic heterocycles. The molecule has 21 heavy (non-hydrogen) atoms. The van der Waals surface area contributed by atoms with Gasteiger partial charge in [-0.1, -0.05) is 6.07 Å². The van der Waals surface area contributed by atoms with Crippen molar-refractivity contribution in [2.24, 2.45) is 0 Å². The second kappa shape index (κ2) is 6.15. The summed E-state index contributed by atoms with van der Waals surface area (Å²) in [5, 5.41) is 6.53. The molecule has 1 unspecified atom stereocenters. The smallest absolute Gasteiger partial charge is 0.138 e. The highest BCUT2D eigenvalue weighted by atomic mass is 32.1. The Kier molecular flexibility index (Phi) is 4.08. The summed E-state index contributed by atoms with van der Waals surface area (Å²) in [7, 11) is 4.11. The molecule has 108 valence electrons. The molecule has 3 aromatic rings. The largest absolute Gasteiger partial charge is 0.367 e. The Balaban J connectivity index is 1.80. The van der Waals surface area contributed by atoms with Gasteiger partial charge >= 0.3 is 0 Å². The van der Waals surface area contributed by atoms with E-state index in [4.69, 9.17) is 0 Å². The fraction of sp³-hybridized carbons (Fsp3) is 0.267. The lowest BCUT2D eigenvalue weighted by Crippen LogP contribution is -2.27. The zero-order valence-corrected chi connectivity index (χ0v) is 12.8. The quantitative estimate of drug-likeness (QED) is 0.785. The lowest BCUT2D eigenvalue weighted by Gasteiger charge is -2.24. The molecular weight excluding hydrogens is 282 g/mol. The van der Waals surface area contributed by atoms with Crippen molar-refractivity contribution < 1.29 is 0 Å². The van der Waals surface area contributed by atoms with Crippen molar-refractivity contribution in [2.75, 3.05) is 26.0 Å². The minimum Gasteiger partial charge on any atom is -0.367 e. The first-order chi connectivity index (χ1) is 10.3. The van der Waals surface area contributed by atoms with Crippen molar-refractivity contribution in [1.29, 1.82) is 0 Å². The molecule has 0 fully saturated rings. The molecule has 0 radical (unpaired) electrons. The lowest BCUT2D eigenvalue weighted by molar-refractivity contribution is 0.306. The molecule has 3 heterocycles. The Morgan fingerprint density at radius 3 is 2.86 bits per heavy atom. The summed E-state index contributed by atoms with van der Waals surface area (Å²) in [6, 6.07) is 8.24. The van der Waals surface area contributed by atoms with Gasteiger partial charge in [-0.2, -0.15) is 0 Å². The Hall–Kier alpha value is -2.05. The molecule has 0 aromatic carbocycles. The minimum atomic E-state index is 0.190. The van der Waals surface area contributed by atoms with Gasteiger partial charge in [0.05, 0.1) is 17.1 Å². The van der Waals surface area contributed by atoms with Gasteiger partial charge in [-0.05, 0) is 37.7 Å². The lowest BCUT2D eigenvalue weighted by atomic mass is 10.1. The number of fused-ring (bicyclic) bond motifs is 1. The van der Waals surface area contributed by atoms with Gasteiger partial charge in [-0.25, -0.2) is 9.97 Å². The first kappa shape index (κ1) is 13.9. The topological polar surface area (TPSA) is 53.9 Å². The van der Waals surface area contributed by atoms with Gasteiger partial charge < -0.3 is 5.32 Å². The highest BCUT2D eigenvalue weighted by Gasteiger charge is 2.16. The van der Waals surface area contributed by atoms with Gasteiger partial charge in [0, 0.05) is 12.7 Å². The van der Waals surface area contributed by atoms with Crippen LogP contribution in [0.1, 0.15) is 11.7 Å². The number of hydrogen-bond donors (Lipinski definition) is 1. The van der Waals surface area contributed by atoms with Gasteiger partial charge in [0.1, 0.15) is 17.0 Å². The average molecular weight is 299 g/mol. The van der Waals surface area contributed by atoms with Crippen LogP contribution >= 0.6 is 11.3 Å². The predicted octanol–water partition coefficient (Wildman–Crippen LogP) is 2.80. The van der Waals surface area contributed by atoms with Crippen LogP contribution in [0.4, 0.5) is 5.82 Å². The first-order valence-electron chi connectivity index (χ1n) is 6.75. The average Bonchev–Trinajstić information content (AvgIpc) is 2.97. The molecular formula is C15H17N5S. The van der Waals surface area contributed by atoms with Crippen molar-refractivity contribution in [3.63, 3.8) is 0 Å². The number of thiophene rings is 1. The Morgan fingerprint density at radius 2 is 2.10 bits per heavy atom. The third-order valence-electron chi connectivity index (χ3n) is 3.38. The van der Waals surface area contributed by atoms with Crippen LogP contribution in [-0.4, -0.2) is 40.5 Å². The Morgan fingerprint density at radius 1 is 1.19 bits per heavy atom. The van der Waals surface area contributed by atoms with Gasteiger partial charge in [0.2, 0.25) is 0 Å². The van der Waals surface area contributed by atoms with Gasteiger partial charge in [-0.15, -0.1) is 11.3 Å². The van der Waals surface area contributed by atoms with Gasteiger partial charge in [0.15, 0.2) is 0 Å². The first-order valence-corrected chi connectivity index (χ1v) is 7.63. The van der Waals surface area contributed by atoms with E-state index in [2.05, 4.69) is 39.3 Å². The predicted molar refractivity (Wildman–Crippen MR) is 86.6 cm³/mol. The standard InChI is InChI=1S/C15H17N5S/c1-20(2)13(12-5-3-4-7-16-12)9-17-14-11-6-8-21-15(11)19-10-18-14/h3-8,10,13H,9H2,1-2H3,(H,17,18,19). The Labute approximate surface area is 127 Å². The molecule has 1 N–H and O–H groups in total. The van der Waals surface area contributed by atoms with Crippen molar-refractivity contribution in [2.45, 2.75) is 6.04 Å². The fourth-order valence-corrected chi connectivity index (χ4v) is 2.98.